The summed E-state index contributed by atoms with van der Waals surface area (Å²) < 4.78 is 8.26. The maximum atomic E-state index is 13.3. The van der Waals surface area contributed by atoms with Crippen LogP contribution < -0.4 is 5.56 Å². The molecular formula is C22H33BrN4O2. The van der Waals surface area contributed by atoms with E-state index in [0.29, 0.717) is 17.8 Å². The molecule has 1 saturated heterocycles. The van der Waals surface area contributed by atoms with E-state index in [-0.39, 0.29) is 11.6 Å². The van der Waals surface area contributed by atoms with Gasteiger partial charge in [0, 0.05) is 50.2 Å². The highest BCUT2D eigenvalue weighted by atomic mass is 79.9. The molecule has 0 amide bonds. The number of hydrogen-bond acceptors (Lipinski definition) is 5. The molecule has 1 fully saturated rings. The van der Waals surface area contributed by atoms with Crippen LogP contribution in [0, 0.1) is 5.92 Å². The summed E-state index contributed by atoms with van der Waals surface area (Å²) in [7, 11) is 3.95. The van der Waals surface area contributed by atoms with Crippen LogP contribution in [-0.4, -0.2) is 66.3 Å². The van der Waals surface area contributed by atoms with Gasteiger partial charge < -0.3 is 9.64 Å². The molecule has 1 aromatic heterocycles. The monoisotopic (exact) mass is 464 g/mol. The van der Waals surface area contributed by atoms with Gasteiger partial charge in [-0.05, 0) is 38.6 Å². The molecule has 2 aromatic rings. The van der Waals surface area contributed by atoms with E-state index >= 15 is 0 Å². The molecule has 1 unspecified atom stereocenters. The third kappa shape index (κ3) is 5.08. The molecule has 0 N–H and O–H groups in total. The number of nitrogens with zero attached hydrogens (tertiary/aromatic N) is 4. The first-order valence-electron chi connectivity index (χ1n) is 10.6. The van der Waals surface area contributed by atoms with Gasteiger partial charge in [-0.25, -0.2) is 4.98 Å². The Bertz CT molecular complexity index is 885. The summed E-state index contributed by atoms with van der Waals surface area (Å²) >= 11 is 3.48. The molecule has 0 bridgehead atoms. The second-order valence-electron chi connectivity index (χ2n) is 8.06. The van der Waals surface area contributed by atoms with E-state index < -0.39 is 0 Å². The Morgan fingerprint density at radius 3 is 2.76 bits per heavy atom. The third-order valence-electron chi connectivity index (χ3n) is 5.80. The minimum absolute atomic E-state index is 0.0512. The SMILES string of the molecule is CCC[C@@H](c1nc2ccc(Br)cc2c(=O)n1CC)N1CCN(C)CC(COC)C1. The molecule has 0 saturated carbocycles. The van der Waals surface area contributed by atoms with Crippen LogP contribution in [0.15, 0.2) is 27.5 Å². The van der Waals surface area contributed by atoms with Crippen LogP contribution in [0.2, 0.25) is 0 Å². The number of rotatable bonds is 7. The van der Waals surface area contributed by atoms with E-state index in [2.05, 4.69) is 39.7 Å². The molecule has 160 valence electrons. The first-order valence-corrected chi connectivity index (χ1v) is 11.4. The lowest BCUT2D eigenvalue weighted by molar-refractivity contribution is 0.105. The van der Waals surface area contributed by atoms with Crippen LogP contribution in [0.4, 0.5) is 0 Å². The first kappa shape index (κ1) is 22.4. The average Bonchev–Trinajstić information content (AvgIpc) is 2.88. The van der Waals surface area contributed by atoms with E-state index in [4.69, 9.17) is 9.72 Å². The van der Waals surface area contributed by atoms with Crippen LogP contribution in [0.25, 0.3) is 10.9 Å². The smallest absolute Gasteiger partial charge is 0.261 e. The first-order chi connectivity index (χ1) is 14.0. The maximum Gasteiger partial charge on any atom is 0.261 e. The van der Waals surface area contributed by atoms with Gasteiger partial charge in [0.1, 0.15) is 5.82 Å². The van der Waals surface area contributed by atoms with Crippen molar-refractivity contribution in [3.8, 4) is 0 Å². The van der Waals surface area contributed by atoms with Gasteiger partial charge in [-0.2, -0.15) is 0 Å². The number of halogens is 1. The summed E-state index contributed by atoms with van der Waals surface area (Å²) in [5.74, 6) is 1.35. The van der Waals surface area contributed by atoms with Gasteiger partial charge >= 0.3 is 0 Å². The van der Waals surface area contributed by atoms with Crippen molar-refractivity contribution in [3.63, 3.8) is 0 Å². The second-order valence-corrected chi connectivity index (χ2v) is 8.98. The average molecular weight is 465 g/mol. The summed E-state index contributed by atoms with van der Waals surface area (Å²) in [4.78, 5) is 23.2. The lowest BCUT2D eigenvalue weighted by atomic mass is 10.0. The summed E-state index contributed by atoms with van der Waals surface area (Å²) in [6, 6.07) is 5.91. The Labute approximate surface area is 182 Å². The summed E-state index contributed by atoms with van der Waals surface area (Å²) in [5.41, 5.74) is 0.828. The molecule has 1 aromatic carbocycles. The fourth-order valence-electron chi connectivity index (χ4n) is 4.45. The van der Waals surface area contributed by atoms with E-state index in [1.54, 1.807) is 7.11 Å². The molecule has 1 aliphatic rings. The standard InChI is InChI=1S/C22H33BrN4O2/c1-5-7-20(26-11-10-25(3)13-16(14-26)15-29-4)21-24-19-9-8-17(23)12-18(19)22(28)27(21)6-2/h8-9,12,16,20H,5-7,10-11,13-15H2,1-4H3/t16?,20-/m0/s1. The Hall–Kier alpha value is -1.28. The third-order valence-corrected chi connectivity index (χ3v) is 6.29. The van der Waals surface area contributed by atoms with Crippen molar-refractivity contribution >= 4 is 26.8 Å². The number of ether oxygens (including phenoxy) is 1. The van der Waals surface area contributed by atoms with Gasteiger partial charge in [0.15, 0.2) is 0 Å². The predicted molar refractivity (Wildman–Crippen MR) is 121 cm³/mol. The molecule has 6 nitrogen and oxygen atoms in total. The summed E-state index contributed by atoms with van der Waals surface area (Å²) in [5, 5.41) is 0.674. The lowest BCUT2D eigenvalue weighted by Crippen LogP contribution is -2.39. The number of likely N-dealkylation sites (N-methyl/N-ethyl adjacent to an activating group) is 1. The molecule has 7 heteroatoms. The van der Waals surface area contributed by atoms with Crippen molar-refractivity contribution in [2.24, 2.45) is 5.92 Å². The number of aromatic nitrogens is 2. The molecule has 29 heavy (non-hydrogen) atoms. The van der Waals surface area contributed by atoms with Gasteiger partial charge in [0.05, 0.1) is 23.6 Å². The number of benzene rings is 1. The zero-order chi connectivity index (χ0) is 21.0. The molecule has 3 rings (SSSR count). The Balaban J connectivity index is 2.07. The Kier molecular flexibility index (Phi) is 7.85. The van der Waals surface area contributed by atoms with Crippen molar-refractivity contribution in [3.05, 3.63) is 38.9 Å². The fourth-order valence-corrected chi connectivity index (χ4v) is 4.82. The van der Waals surface area contributed by atoms with Gasteiger partial charge in [-0.3, -0.25) is 14.3 Å². The van der Waals surface area contributed by atoms with Crippen molar-refractivity contribution in [1.82, 2.24) is 19.4 Å². The van der Waals surface area contributed by atoms with Gasteiger partial charge in [0.25, 0.3) is 5.56 Å². The molecule has 1 aliphatic heterocycles. The van der Waals surface area contributed by atoms with Gasteiger partial charge in [0.2, 0.25) is 0 Å². The highest BCUT2D eigenvalue weighted by Crippen LogP contribution is 2.28. The molecular weight excluding hydrogens is 432 g/mol. The van der Waals surface area contributed by atoms with E-state index in [9.17, 15) is 4.79 Å². The number of methoxy groups -OCH3 is 1. The molecule has 2 heterocycles. The quantitative estimate of drug-likeness (QED) is 0.627. The van der Waals surface area contributed by atoms with Crippen molar-refractivity contribution in [2.75, 3.05) is 46.9 Å². The number of fused-ring (bicyclic) bond motifs is 1. The predicted octanol–water partition coefficient (Wildman–Crippen LogP) is 3.53. The highest BCUT2D eigenvalue weighted by molar-refractivity contribution is 9.10. The summed E-state index contributed by atoms with van der Waals surface area (Å²) in [6.45, 7) is 9.58. The van der Waals surface area contributed by atoms with Crippen LogP contribution in [0.5, 0.6) is 0 Å². The lowest BCUT2D eigenvalue weighted by Gasteiger charge is -2.33. The minimum atomic E-state index is 0.0512. The Morgan fingerprint density at radius 2 is 2.07 bits per heavy atom. The molecule has 0 aliphatic carbocycles. The molecule has 2 atom stereocenters. The zero-order valence-electron chi connectivity index (χ0n) is 18.0. The normalized spacial score (nSPS) is 20.1. The zero-order valence-corrected chi connectivity index (χ0v) is 19.6. The van der Waals surface area contributed by atoms with Crippen LogP contribution in [0.3, 0.4) is 0 Å². The largest absolute Gasteiger partial charge is 0.384 e. The molecule has 0 spiro atoms. The number of hydrogen-bond donors (Lipinski definition) is 0. The van der Waals surface area contributed by atoms with Crippen LogP contribution >= 0.6 is 15.9 Å². The van der Waals surface area contributed by atoms with Crippen molar-refractivity contribution < 1.29 is 4.74 Å². The van der Waals surface area contributed by atoms with Gasteiger partial charge in [-0.15, -0.1) is 0 Å². The fraction of sp³-hybridized carbons (Fsp3) is 0.636. The van der Waals surface area contributed by atoms with E-state index in [1.807, 2.05) is 29.7 Å². The summed E-state index contributed by atoms with van der Waals surface area (Å²) in [6.07, 6.45) is 2.03. The van der Waals surface area contributed by atoms with Crippen molar-refractivity contribution in [1.29, 1.82) is 0 Å². The maximum absolute atomic E-state index is 13.3. The van der Waals surface area contributed by atoms with Crippen LogP contribution in [0.1, 0.15) is 38.6 Å². The topological polar surface area (TPSA) is 50.6 Å². The second kappa shape index (κ2) is 10.2. The van der Waals surface area contributed by atoms with Crippen molar-refractivity contribution in [2.45, 2.75) is 39.3 Å². The Morgan fingerprint density at radius 1 is 1.28 bits per heavy atom. The highest BCUT2D eigenvalue weighted by Gasteiger charge is 2.30. The van der Waals surface area contributed by atoms with E-state index in [0.717, 1.165) is 61.4 Å². The van der Waals surface area contributed by atoms with Crippen LogP contribution in [-0.2, 0) is 11.3 Å². The molecule has 0 radical (unpaired) electrons. The van der Waals surface area contributed by atoms with E-state index in [1.165, 1.54) is 0 Å². The minimum Gasteiger partial charge on any atom is -0.384 e. The van der Waals surface area contributed by atoms with Gasteiger partial charge in [-0.1, -0.05) is 29.3 Å².